The van der Waals surface area contributed by atoms with Crippen LogP contribution in [-0.4, -0.2) is 29.5 Å². The topological polar surface area (TPSA) is 16.1 Å². The Morgan fingerprint density at radius 1 is 1.23 bits per heavy atom. The van der Waals surface area contributed by atoms with E-state index in [4.69, 9.17) is 16.6 Å². The van der Waals surface area contributed by atoms with Gasteiger partial charge in [0.2, 0.25) is 0 Å². The van der Waals surface area contributed by atoms with Crippen LogP contribution in [-0.2, 0) is 5.41 Å². The second-order valence-corrected chi connectivity index (χ2v) is 8.67. The van der Waals surface area contributed by atoms with Crippen LogP contribution >= 0.6 is 22.9 Å². The minimum absolute atomic E-state index is 0.117. The molecule has 2 fully saturated rings. The molecule has 2 unspecified atom stereocenters. The smallest absolute Gasteiger partial charge is 0.100 e. The van der Waals surface area contributed by atoms with Crippen molar-refractivity contribution in [3.63, 3.8) is 0 Å². The van der Waals surface area contributed by atoms with Gasteiger partial charge in [0.15, 0.2) is 0 Å². The second-order valence-electron chi connectivity index (χ2n) is 7.38. The molecule has 2 nitrogen and oxygen atoms in total. The first kappa shape index (κ1) is 14.7. The first-order valence-electron chi connectivity index (χ1n) is 7.95. The molecule has 22 heavy (non-hydrogen) atoms. The highest BCUT2D eigenvalue weighted by Gasteiger charge is 2.46. The Hall–Kier alpha value is -0.900. The van der Waals surface area contributed by atoms with E-state index in [1.54, 1.807) is 11.3 Å². The molecule has 1 aliphatic heterocycles. The van der Waals surface area contributed by atoms with Gasteiger partial charge in [0.25, 0.3) is 0 Å². The molecular weight excluding hydrogens is 312 g/mol. The monoisotopic (exact) mass is 332 g/mol. The number of thiazole rings is 1. The molecule has 116 valence electrons. The third kappa shape index (κ3) is 2.82. The number of piperidine rings is 1. The number of halogens is 1. The van der Waals surface area contributed by atoms with Crippen LogP contribution in [0.1, 0.15) is 25.3 Å². The molecule has 2 heterocycles. The van der Waals surface area contributed by atoms with Gasteiger partial charge in [-0.05, 0) is 30.4 Å². The maximum absolute atomic E-state index is 5.96. The standard InChI is InChI=1S/C18H21ClN2S/c1-18(2,11-21-8-13-7-14(13)9-21)17-20-16(10-22-17)12-3-5-15(19)6-4-12/h3-6,10,13-14H,7-9,11H2,1-2H3. The van der Waals surface area contributed by atoms with Crippen molar-refractivity contribution in [2.45, 2.75) is 25.7 Å². The molecule has 0 bridgehead atoms. The molecule has 0 amide bonds. The average Bonchev–Trinajstić information content (AvgIpc) is 2.91. The molecular formula is C18H21ClN2S. The van der Waals surface area contributed by atoms with E-state index < -0.39 is 0 Å². The third-order valence-corrected chi connectivity index (χ3v) is 6.36. The largest absolute Gasteiger partial charge is 0.302 e. The predicted octanol–water partition coefficient (Wildman–Crippen LogP) is 4.69. The summed E-state index contributed by atoms with van der Waals surface area (Å²) in [4.78, 5) is 7.53. The summed E-state index contributed by atoms with van der Waals surface area (Å²) in [5, 5.41) is 4.17. The van der Waals surface area contributed by atoms with E-state index in [9.17, 15) is 0 Å². The number of hydrogen-bond donors (Lipinski definition) is 0. The summed E-state index contributed by atoms with van der Waals surface area (Å²) >= 11 is 7.74. The Balaban J connectivity index is 1.50. The Morgan fingerprint density at radius 2 is 1.91 bits per heavy atom. The fourth-order valence-electron chi connectivity index (χ4n) is 3.59. The zero-order valence-electron chi connectivity index (χ0n) is 13.1. The maximum atomic E-state index is 5.96. The van der Waals surface area contributed by atoms with E-state index >= 15 is 0 Å². The molecule has 4 rings (SSSR count). The van der Waals surface area contributed by atoms with Crippen LogP contribution in [0.2, 0.25) is 5.02 Å². The van der Waals surface area contributed by atoms with Crippen LogP contribution < -0.4 is 0 Å². The summed E-state index contributed by atoms with van der Waals surface area (Å²) in [6.45, 7) is 8.35. The van der Waals surface area contributed by atoms with Gasteiger partial charge in [-0.2, -0.15) is 0 Å². The van der Waals surface area contributed by atoms with E-state index in [1.165, 1.54) is 24.5 Å². The molecule has 2 aromatic rings. The highest BCUT2D eigenvalue weighted by atomic mass is 35.5. The number of hydrogen-bond acceptors (Lipinski definition) is 3. The molecule has 0 spiro atoms. The fraction of sp³-hybridized carbons (Fsp3) is 0.500. The second kappa shape index (κ2) is 5.33. The zero-order chi connectivity index (χ0) is 15.3. The first-order chi connectivity index (χ1) is 10.5. The van der Waals surface area contributed by atoms with Gasteiger partial charge < -0.3 is 4.90 Å². The van der Waals surface area contributed by atoms with Gasteiger partial charge in [-0.3, -0.25) is 0 Å². The number of likely N-dealkylation sites (tertiary alicyclic amines) is 1. The summed E-state index contributed by atoms with van der Waals surface area (Å²) in [5.74, 6) is 1.99. The molecule has 4 heteroatoms. The molecule has 2 aliphatic rings. The lowest BCUT2D eigenvalue weighted by Gasteiger charge is -2.29. The SMILES string of the molecule is CC(C)(CN1CC2CC2C1)c1nc(-c2ccc(Cl)cc2)cs1. The van der Waals surface area contributed by atoms with Crippen molar-refractivity contribution in [1.82, 2.24) is 9.88 Å². The van der Waals surface area contributed by atoms with Gasteiger partial charge in [0.05, 0.1) is 5.69 Å². The normalized spacial score (nSPS) is 24.5. The van der Waals surface area contributed by atoms with Gasteiger partial charge in [0, 0.05) is 41.0 Å². The van der Waals surface area contributed by atoms with Crippen LogP contribution in [0.4, 0.5) is 0 Å². The summed E-state index contributed by atoms with van der Waals surface area (Å²) in [6, 6.07) is 7.94. The van der Waals surface area contributed by atoms with Gasteiger partial charge in [-0.1, -0.05) is 37.6 Å². The summed E-state index contributed by atoms with van der Waals surface area (Å²) < 4.78 is 0. The van der Waals surface area contributed by atoms with Crippen LogP contribution in [0.15, 0.2) is 29.6 Å². The van der Waals surface area contributed by atoms with Crippen molar-refractivity contribution in [2.24, 2.45) is 11.8 Å². The third-order valence-electron chi connectivity index (χ3n) is 4.90. The van der Waals surface area contributed by atoms with Gasteiger partial charge in [-0.25, -0.2) is 4.98 Å². The van der Waals surface area contributed by atoms with Crippen molar-refractivity contribution in [3.05, 3.63) is 39.7 Å². The zero-order valence-corrected chi connectivity index (χ0v) is 14.6. The highest BCUT2D eigenvalue weighted by molar-refractivity contribution is 7.10. The number of benzene rings is 1. The van der Waals surface area contributed by atoms with Crippen LogP contribution in [0.3, 0.4) is 0 Å². The van der Waals surface area contributed by atoms with Gasteiger partial charge >= 0.3 is 0 Å². The minimum Gasteiger partial charge on any atom is -0.302 e. The molecule has 1 aromatic carbocycles. The lowest BCUT2D eigenvalue weighted by atomic mass is 9.93. The van der Waals surface area contributed by atoms with Crippen LogP contribution in [0, 0.1) is 11.8 Å². The number of aromatic nitrogens is 1. The minimum atomic E-state index is 0.117. The number of nitrogens with zero attached hydrogens (tertiary/aromatic N) is 2. The van der Waals surface area contributed by atoms with E-state index in [0.29, 0.717) is 0 Å². The first-order valence-corrected chi connectivity index (χ1v) is 9.21. The van der Waals surface area contributed by atoms with E-state index in [1.807, 2.05) is 24.3 Å². The summed E-state index contributed by atoms with van der Waals surface area (Å²) in [7, 11) is 0. The molecule has 1 saturated carbocycles. The maximum Gasteiger partial charge on any atom is 0.100 e. The lowest BCUT2D eigenvalue weighted by Crippen LogP contribution is -2.36. The molecule has 0 N–H and O–H groups in total. The Kier molecular flexibility index (Phi) is 3.55. The van der Waals surface area contributed by atoms with E-state index in [0.717, 1.165) is 34.7 Å². The number of fused-ring (bicyclic) bond motifs is 1. The van der Waals surface area contributed by atoms with Crippen molar-refractivity contribution >= 4 is 22.9 Å². The van der Waals surface area contributed by atoms with Crippen molar-refractivity contribution in [3.8, 4) is 11.3 Å². The Labute approximate surface area is 141 Å². The predicted molar refractivity (Wildman–Crippen MR) is 93.6 cm³/mol. The van der Waals surface area contributed by atoms with Crippen molar-refractivity contribution < 1.29 is 0 Å². The molecule has 0 radical (unpaired) electrons. The van der Waals surface area contributed by atoms with Crippen molar-refractivity contribution in [1.29, 1.82) is 0 Å². The van der Waals surface area contributed by atoms with Crippen molar-refractivity contribution in [2.75, 3.05) is 19.6 Å². The quantitative estimate of drug-likeness (QED) is 0.807. The summed E-state index contributed by atoms with van der Waals surface area (Å²) in [5.41, 5.74) is 2.32. The average molecular weight is 333 g/mol. The fourth-order valence-corrected chi connectivity index (χ4v) is 4.66. The molecule has 2 atom stereocenters. The molecule has 1 aliphatic carbocycles. The summed E-state index contributed by atoms with van der Waals surface area (Å²) in [6.07, 6.45) is 1.47. The van der Waals surface area contributed by atoms with Gasteiger partial charge in [-0.15, -0.1) is 11.3 Å². The highest BCUT2D eigenvalue weighted by Crippen LogP contribution is 2.45. The Morgan fingerprint density at radius 3 is 2.59 bits per heavy atom. The molecule has 1 aromatic heterocycles. The van der Waals surface area contributed by atoms with Gasteiger partial charge in [0.1, 0.15) is 5.01 Å². The molecule has 1 saturated heterocycles. The lowest BCUT2D eigenvalue weighted by molar-refractivity contribution is 0.246. The van der Waals surface area contributed by atoms with Crippen LogP contribution in [0.5, 0.6) is 0 Å². The van der Waals surface area contributed by atoms with E-state index in [2.05, 4.69) is 24.1 Å². The Bertz CT molecular complexity index is 667. The number of rotatable bonds is 4. The van der Waals surface area contributed by atoms with Crippen LogP contribution in [0.25, 0.3) is 11.3 Å². The van der Waals surface area contributed by atoms with E-state index in [-0.39, 0.29) is 5.41 Å².